The zero-order chi connectivity index (χ0) is 10.1. The van der Waals surface area contributed by atoms with Gasteiger partial charge in [0.2, 0.25) is 0 Å². The van der Waals surface area contributed by atoms with Gasteiger partial charge >= 0.3 is 0 Å². The first-order chi connectivity index (χ1) is 6.70. The zero-order valence-electron chi connectivity index (χ0n) is 8.06. The third-order valence-corrected chi connectivity index (χ3v) is 3.44. The lowest BCUT2D eigenvalue weighted by molar-refractivity contribution is 0.301. The van der Waals surface area contributed by atoms with Crippen LogP contribution < -0.4 is 5.32 Å². The number of hydrogen-bond donors (Lipinski definition) is 1. The van der Waals surface area contributed by atoms with Gasteiger partial charge in [0.25, 0.3) is 0 Å². The predicted molar refractivity (Wildman–Crippen MR) is 58.9 cm³/mol. The lowest BCUT2D eigenvalue weighted by atomic mass is 9.76. The molecule has 0 radical (unpaired) electrons. The van der Waals surface area contributed by atoms with E-state index < -0.39 is 0 Å². The summed E-state index contributed by atoms with van der Waals surface area (Å²) in [5, 5.41) is 3.20. The van der Waals surface area contributed by atoms with Gasteiger partial charge in [0, 0.05) is 10.5 Å². The van der Waals surface area contributed by atoms with Crippen molar-refractivity contribution in [1.82, 2.24) is 5.32 Å². The highest BCUT2D eigenvalue weighted by Gasteiger charge is 2.30. The fourth-order valence-electron chi connectivity index (χ4n) is 1.93. The van der Waals surface area contributed by atoms with Crippen LogP contribution in [0.15, 0.2) is 22.7 Å². The Morgan fingerprint density at radius 2 is 2.14 bits per heavy atom. The molecule has 0 amide bonds. The SMILES string of the molecule is CNC1CC(c2cc(Br)ccc2F)C1. The predicted octanol–water partition coefficient (Wildman–Crippen LogP) is 3.05. The first kappa shape index (κ1) is 10.1. The van der Waals surface area contributed by atoms with Crippen LogP contribution in [0.5, 0.6) is 0 Å². The molecule has 3 heteroatoms. The topological polar surface area (TPSA) is 12.0 Å². The maximum atomic E-state index is 13.4. The molecule has 14 heavy (non-hydrogen) atoms. The molecule has 76 valence electrons. The maximum absolute atomic E-state index is 13.4. The molecule has 1 nitrogen and oxygen atoms in total. The number of nitrogens with one attached hydrogen (secondary N) is 1. The van der Waals surface area contributed by atoms with Gasteiger partial charge in [-0.2, -0.15) is 0 Å². The third kappa shape index (κ3) is 1.84. The summed E-state index contributed by atoms with van der Waals surface area (Å²) in [4.78, 5) is 0. The summed E-state index contributed by atoms with van der Waals surface area (Å²) >= 11 is 3.37. The van der Waals surface area contributed by atoms with Crippen molar-refractivity contribution in [3.05, 3.63) is 34.1 Å². The molecule has 0 atom stereocenters. The monoisotopic (exact) mass is 257 g/mol. The number of hydrogen-bond acceptors (Lipinski definition) is 1. The molecule has 1 aromatic rings. The molecule has 0 aliphatic heterocycles. The van der Waals surface area contributed by atoms with Crippen LogP contribution in [0.1, 0.15) is 24.3 Å². The van der Waals surface area contributed by atoms with E-state index in [9.17, 15) is 4.39 Å². The highest BCUT2D eigenvalue weighted by atomic mass is 79.9. The Bertz CT molecular complexity index is 334. The summed E-state index contributed by atoms with van der Waals surface area (Å²) in [5.41, 5.74) is 0.853. The average Bonchev–Trinajstić information content (AvgIpc) is 2.09. The van der Waals surface area contributed by atoms with Crippen molar-refractivity contribution in [2.75, 3.05) is 7.05 Å². The molecule has 1 fully saturated rings. The van der Waals surface area contributed by atoms with Gasteiger partial charge in [-0.15, -0.1) is 0 Å². The Morgan fingerprint density at radius 3 is 2.79 bits per heavy atom. The fourth-order valence-corrected chi connectivity index (χ4v) is 2.31. The Morgan fingerprint density at radius 1 is 1.43 bits per heavy atom. The van der Waals surface area contributed by atoms with Crippen LogP contribution >= 0.6 is 15.9 Å². The maximum Gasteiger partial charge on any atom is 0.126 e. The van der Waals surface area contributed by atoms with Crippen LogP contribution in [0.4, 0.5) is 4.39 Å². The molecular formula is C11H13BrFN. The highest BCUT2D eigenvalue weighted by Crippen LogP contribution is 2.38. The van der Waals surface area contributed by atoms with Gasteiger partial charge in [0.05, 0.1) is 0 Å². The summed E-state index contributed by atoms with van der Waals surface area (Å²) in [7, 11) is 1.96. The van der Waals surface area contributed by atoms with Gasteiger partial charge in [-0.25, -0.2) is 4.39 Å². The van der Waals surface area contributed by atoms with E-state index in [4.69, 9.17) is 0 Å². The molecule has 0 bridgehead atoms. The van der Waals surface area contributed by atoms with Gasteiger partial charge in [0.1, 0.15) is 5.82 Å². The van der Waals surface area contributed by atoms with Gasteiger partial charge in [-0.05, 0) is 49.6 Å². The summed E-state index contributed by atoms with van der Waals surface area (Å²) < 4.78 is 14.4. The molecule has 1 aliphatic carbocycles. The van der Waals surface area contributed by atoms with Crippen molar-refractivity contribution in [1.29, 1.82) is 0 Å². The van der Waals surface area contributed by atoms with Crippen molar-refractivity contribution in [2.45, 2.75) is 24.8 Å². The smallest absolute Gasteiger partial charge is 0.126 e. The molecule has 0 spiro atoms. The van der Waals surface area contributed by atoms with Gasteiger partial charge in [0.15, 0.2) is 0 Å². The normalized spacial score (nSPS) is 25.9. The first-order valence-corrected chi connectivity index (χ1v) is 5.62. The molecule has 0 aromatic heterocycles. The van der Waals surface area contributed by atoms with E-state index in [1.165, 1.54) is 6.07 Å². The molecule has 0 unspecified atom stereocenters. The minimum Gasteiger partial charge on any atom is -0.317 e. The Hall–Kier alpha value is -0.410. The summed E-state index contributed by atoms with van der Waals surface area (Å²) in [6, 6.07) is 5.74. The standard InChI is InChI=1S/C11H13BrFN/c1-14-9-4-7(5-9)10-6-8(12)2-3-11(10)13/h2-3,6-7,9,14H,4-5H2,1H3. The van der Waals surface area contributed by atoms with Crippen molar-refractivity contribution in [3.63, 3.8) is 0 Å². The van der Waals surface area contributed by atoms with E-state index in [0.717, 1.165) is 22.9 Å². The molecule has 0 heterocycles. The van der Waals surface area contributed by atoms with Crippen LogP contribution in [0.3, 0.4) is 0 Å². The summed E-state index contributed by atoms with van der Waals surface area (Å²) in [6.07, 6.45) is 2.09. The van der Waals surface area contributed by atoms with Crippen molar-refractivity contribution < 1.29 is 4.39 Å². The Kier molecular flexibility index (Phi) is 2.88. The molecule has 1 N–H and O–H groups in total. The second kappa shape index (κ2) is 3.99. The second-order valence-corrected chi connectivity index (χ2v) is 4.74. The molecule has 0 saturated heterocycles. The first-order valence-electron chi connectivity index (χ1n) is 4.83. The van der Waals surface area contributed by atoms with Crippen molar-refractivity contribution in [2.24, 2.45) is 0 Å². The van der Waals surface area contributed by atoms with E-state index in [0.29, 0.717) is 12.0 Å². The summed E-state index contributed by atoms with van der Waals surface area (Å²) in [5.74, 6) is 0.317. The minimum absolute atomic E-state index is 0.0762. The van der Waals surface area contributed by atoms with Crippen molar-refractivity contribution in [3.8, 4) is 0 Å². The molecule has 1 aliphatic rings. The second-order valence-electron chi connectivity index (χ2n) is 3.82. The average molecular weight is 258 g/mol. The van der Waals surface area contributed by atoms with E-state index in [-0.39, 0.29) is 5.82 Å². The lowest BCUT2D eigenvalue weighted by Crippen LogP contribution is -2.37. The largest absolute Gasteiger partial charge is 0.317 e. The van der Waals surface area contributed by atoms with Crippen LogP contribution in [0.25, 0.3) is 0 Å². The number of benzene rings is 1. The van der Waals surface area contributed by atoms with Crippen LogP contribution in [0.2, 0.25) is 0 Å². The van der Waals surface area contributed by atoms with Crippen molar-refractivity contribution >= 4 is 15.9 Å². The molecule has 1 saturated carbocycles. The van der Waals surface area contributed by atoms with E-state index in [1.54, 1.807) is 6.07 Å². The third-order valence-electron chi connectivity index (χ3n) is 2.94. The fraction of sp³-hybridized carbons (Fsp3) is 0.455. The van der Waals surface area contributed by atoms with Gasteiger partial charge < -0.3 is 5.32 Å². The highest BCUT2D eigenvalue weighted by molar-refractivity contribution is 9.10. The summed E-state index contributed by atoms with van der Waals surface area (Å²) in [6.45, 7) is 0. The number of rotatable bonds is 2. The lowest BCUT2D eigenvalue weighted by Gasteiger charge is -2.35. The quantitative estimate of drug-likeness (QED) is 0.859. The van der Waals surface area contributed by atoms with E-state index in [1.807, 2.05) is 13.1 Å². The molecular weight excluding hydrogens is 245 g/mol. The van der Waals surface area contributed by atoms with Crippen LogP contribution in [-0.4, -0.2) is 13.1 Å². The molecule has 2 rings (SSSR count). The van der Waals surface area contributed by atoms with Crippen LogP contribution in [-0.2, 0) is 0 Å². The van der Waals surface area contributed by atoms with Gasteiger partial charge in [-0.3, -0.25) is 0 Å². The Labute approximate surface area is 91.8 Å². The van der Waals surface area contributed by atoms with Crippen LogP contribution in [0, 0.1) is 5.82 Å². The Balaban J connectivity index is 2.13. The zero-order valence-corrected chi connectivity index (χ0v) is 9.64. The number of halogens is 2. The van der Waals surface area contributed by atoms with E-state index in [2.05, 4.69) is 21.2 Å². The van der Waals surface area contributed by atoms with E-state index >= 15 is 0 Å². The molecule has 1 aromatic carbocycles. The van der Waals surface area contributed by atoms with Gasteiger partial charge in [-0.1, -0.05) is 15.9 Å². The minimum atomic E-state index is -0.0762.